The number of amides is 1. The van der Waals surface area contributed by atoms with Crippen molar-refractivity contribution in [2.24, 2.45) is 10.2 Å². The van der Waals surface area contributed by atoms with Crippen LogP contribution in [0.3, 0.4) is 0 Å². The summed E-state index contributed by atoms with van der Waals surface area (Å²) in [5, 5.41) is 43.1. The number of ether oxygens (including phenoxy) is 1. The van der Waals surface area contributed by atoms with Gasteiger partial charge in [-0.25, -0.2) is 10.8 Å². The highest BCUT2D eigenvalue weighted by Crippen LogP contribution is 2.43. The van der Waals surface area contributed by atoms with Crippen LogP contribution >= 0.6 is 11.9 Å². The van der Waals surface area contributed by atoms with Crippen LogP contribution in [0.15, 0.2) is 69.7 Å². The van der Waals surface area contributed by atoms with Gasteiger partial charge in [0.1, 0.15) is 18.0 Å². The van der Waals surface area contributed by atoms with E-state index in [4.69, 9.17) is 11.3 Å². The highest BCUT2D eigenvalue weighted by Gasteiger charge is 2.27. The fourth-order valence-electron chi connectivity index (χ4n) is 3.60. The molecule has 1 amide bonds. The number of nitrogens with one attached hydrogen (secondary N) is 1. The van der Waals surface area contributed by atoms with Crippen molar-refractivity contribution >= 4 is 52.0 Å². The molecule has 0 saturated heterocycles. The number of hydrogen-bond acceptors (Lipinski definition) is 11. The molecular weight excluding hydrogens is 540 g/mol. The summed E-state index contributed by atoms with van der Waals surface area (Å²) in [4.78, 5) is 34.9. The minimum atomic E-state index is -0.852. The van der Waals surface area contributed by atoms with Gasteiger partial charge in [-0.05, 0) is 11.6 Å². The molecule has 15 heteroatoms. The number of benzene rings is 3. The summed E-state index contributed by atoms with van der Waals surface area (Å²) in [6.45, 7) is 8.63. The van der Waals surface area contributed by atoms with Crippen LogP contribution in [0.1, 0.15) is 12.5 Å². The Morgan fingerprint density at radius 2 is 1.80 bits per heavy atom. The molecule has 0 saturated carbocycles. The van der Waals surface area contributed by atoms with Crippen molar-refractivity contribution in [1.82, 2.24) is 0 Å². The van der Waals surface area contributed by atoms with Gasteiger partial charge in [0.05, 0.1) is 40.5 Å². The van der Waals surface area contributed by atoms with Gasteiger partial charge in [0.15, 0.2) is 10.6 Å². The Morgan fingerprint density at radius 3 is 2.38 bits per heavy atom. The fraction of sp³-hybridized carbons (Fsp3) is 0.160. The Hall–Kier alpha value is -5.54. The first-order valence-electron chi connectivity index (χ1n) is 11.3. The number of anilines is 2. The lowest BCUT2D eigenvalue weighted by Crippen LogP contribution is -2.23. The molecule has 0 aliphatic heterocycles. The predicted octanol–water partition coefficient (Wildman–Crippen LogP) is 6.34. The molecule has 0 atom stereocenters. The normalized spacial score (nSPS) is 10.4. The topological polar surface area (TPSA) is 181 Å². The molecule has 0 radical (unpaired) electrons. The Labute approximate surface area is 232 Å². The second-order valence-electron chi connectivity index (χ2n) is 7.93. The largest absolute Gasteiger partial charge is 0.494 e. The van der Waals surface area contributed by atoms with E-state index in [0.717, 1.165) is 11.6 Å². The van der Waals surface area contributed by atoms with Gasteiger partial charge >= 0.3 is 17.6 Å². The summed E-state index contributed by atoms with van der Waals surface area (Å²) in [7, 11) is 1.40. The number of rotatable bonds is 11. The second-order valence-corrected chi connectivity index (χ2v) is 8.73. The molecule has 0 bridgehead atoms. The third-order valence-electron chi connectivity index (χ3n) is 5.29. The van der Waals surface area contributed by atoms with Gasteiger partial charge in [-0.1, -0.05) is 30.3 Å². The molecule has 0 aliphatic rings. The van der Waals surface area contributed by atoms with Crippen LogP contribution in [0.2, 0.25) is 0 Å². The Morgan fingerprint density at radius 1 is 1.12 bits per heavy atom. The number of nitro benzene ring substituents is 2. The van der Waals surface area contributed by atoms with Crippen molar-refractivity contribution in [3.05, 3.63) is 91.2 Å². The van der Waals surface area contributed by atoms with E-state index in [2.05, 4.69) is 25.9 Å². The number of carbonyl (C=O) groups excluding carboxylic acids is 1. The zero-order valence-corrected chi connectivity index (χ0v) is 21.9. The molecule has 40 heavy (non-hydrogen) atoms. The zero-order chi connectivity index (χ0) is 29.2. The SMILES string of the molecule is [C-]#[N+]Sc1cc(N=Nc2cc(OC)c(N(CC#N)Cc3ccccc3)cc2NC(C)=O)c([N+](=O)[O-])cc1[N+](=O)[O-]. The molecule has 0 heterocycles. The average Bonchev–Trinajstić information content (AvgIpc) is 2.92. The quantitative estimate of drug-likeness (QED) is 0.0698. The fourth-order valence-corrected chi connectivity index (χ4v) is 4.09. The summed E-state index contributed by atoms with van der Waals surface area (Å²) >= 11 is 0.431. The van der Waals surface area contributed by atoms with Crippen molar-refractivity contribution < 1.29 is 19.4 Å². The highest BCUT2D eigenvalue weighted by atomic mass is 32.2. The number of nitrogens with zero attached hydrogens (tertiary/aromatic N) is 7. The monoisotopic (exact) mass is 560 g/mol. The minimum Gasteiger partial charge on any atom is -0.494 e. The molecule has 0 spiro atoms. The van der Waals surface area contributed by atoms with Gasteiger partial charge in [-0.15, -0.1) is 10.2 Å². The van der Waals surface area contributed by atoms with E-state index in [9.17, 15) is 30.3 Å². The molecule has 3 aromatic rings. The summed E-state index contributed by atoms with van der Waals surface area (Å²) in [6.07, 6.45) is 0. The van der Waals surface area contributed by atoms with E-state index >= 15 is 0 Å². The number of azo groups is 1. The molecule has 0 aliphatic carbocycles. The van der Waals surface area contributed by atoms with E-state index in [1.807, 2.05) is 30.3 Å². The van der Waals surface area contributed by atoms with Crippen LogP contribution < -0.4 is 15.0 Å². The highest BCUT2D eigenvalue weighted by molar-refractivity contribution is 8.01. The maximum atomic E-state index is 12.0. The molecule has 1 N–H and O–H groups in total. The summed E-state index contributed by atoms with van der Waals surface area (Å²) in [6, 6.07) is 16.2. The molecule has 0 fully saturated rings. The van der Waals surface area contributed by atoms with Gasteiger partial charge in [0.2, 0.25) is 5.91 Å². The number of carbonyl (C=O) groups is 1. The molecule has 0 aromatic heterocycles. The summed E-state index contributed by atoms with van der Waals surface area (Å²) in [5.41, 5.74) is -0.0439. The first-order valence-corrected chi connectivity index (χ1v) is 12.0. The van der Waals surface area contributed by atoms with Gasteiger partial charge in [0.25, 0.3) is 5.69 Å². The lowest BCUT2D eigenvalue weighted by Gasteiger charge is -2.25. The third-order valence-corrected chi connectivity index (χ3v) is 5.90. The van der Waals surface area contributed by atoms with Crippen molar-refractivity contribution in [3.8, 4) is 11.8 Å². The lowest BCUT2D eigenvalue weighted by atomic mass is 10.1. The van der Waals surface area contributed by atoms with Crippen molar-refractivity contribution in [2.75, 3.05) is 23.9 Å². The number of methoxy groups -OCH3 is 1. The second kappa shape index (κ2) is 13.3. The molecule has 202 valence electrons. The predicted molar refractivity (Wildman–Crippen MR) is 147 cm³/mol. The maximum Gasteiger partial charge on any atom is 0.303 e. The number of nitriles is 1. The molecule has 14 nitrogen and oxygen atoms in total. The van der Waals surface area contributed by atoms with Gasteiger partial charge in [-0.3, -0.25) is 25.0 Å². The van der Waals surface area contributed by atoms with Crippen LogP contribution in [0.25, 0.3) is 4.25 Å². The van der Waals surface area contributed by atoms with Crippen LogP contribution in [0, 0.1) is 38.1 Å². The number of nitro groups is 2. The van der Waals surface area contributed by atoms with E-state index in [-0.39, 0.29) is 34.3 Å². The maximum absolute atomic E-state index is 12.0. The van der Waals surface area contributed by atoms with Gasteiger partial charge in [0, 0.05) is 25.6 Å². The number of hydrogen-bond donors (Lipinski definition) is 1. The summed E-state index contributed by atoms with van der Waals surface area (Å²) in [5.74, 6) is -0.170. The van der Waals surface area contributed by atoms with E-state index < -0.39 is 27.1 Å². The Kier molecular flexibility index (Phi) is 9.66. The average molecular weight is 561 g/mol. The third kappa shape index (κ3) is 7.06. The van der Waals surface area contributed by atoms with Crippen molar-refractivity contribution in [3.63, 3.8) is 0 Å². The van der Waals surface area contributed by atoms with Gasteiger partial charge < -0.3 is 15.0 Å². The van der Waals surface area contributed by atoms with Crippen LogP contribution in [-0.4, -0.2) is 29.4 Å². The minimum absolute atomic E-state index is 0.0118. The van der Waals surface area contributed by atoms with E-state index in [1.54, 1.807) is 11.0 Å². The Balaban J connectivity index is 2.15. The van der Waals surface area contributed by atoms with E-state index in [1.165, 1.54) is 20.1 Å². The van der Waals surface area contributed by atoms with Crippen molar-refractivity contribution in [1.29, 1.82) is 5.26 Å². The smallest absolute Gasteiger partial charge is 0.303 e. The standard InChI is InChI=1S/C25H20N8O6S/c1-16(34)28-18-11-22(31(10-9-26)15-17-7-5-4-6-8-17)24(39-3)12-19(18)29-30-20-13-25(40-27-2)23(33(37)38)14-21(20)32(35)36/h4-8,11-14H,10,15H2,1,3H3,(H,28,34). The first-order chi connectivity index (χ1) is 19.2. The summed E-state index contributed by atoms with van der Waals surface area (Å²) < 4.78 is 8.58. The van der Waals surface area contributed by atoms with Gasteiger partial charge in [-0.2, -0.15) is 5.26 Å². The lowest BCUT2D eigenvalue weighted by molar-refractivity contribution is -0.395. The molecule has 3 rings (SSSR count). The first kappa shape index (κ1) is 29.0. The Bertz CT molecular complexity index is 1570. The van der Waals surface area contributed by atoms with Crippen LogP contribution in [-0.2, 0) is 11.3 Å². The zero-order valence-electron chi connectivity index (χ0n) is 21.1. The van der Waals surface area contributed by atoms with Crippen molar-refractivity contribution in [2.45, 2.75) is 18.4 Å². The molecule has 3 aromatic carbocycles. The van der Waals surface area contributed by atoms with E-state index in [0.29, 0.717) is 30.2 Å². The molecule has 0 unspecified atom stereocenters. The van der Waals surface area contributed by atoms with Crippen LogP contribution in [0.4, 0.5) is 34.1 Å². The molecular formula is C25H20N8O6S. The van der Waals surface area contributed by atoms with Crippen LogP contribution in [0.5, 0.6) is 5.75 Å².